The van der Waals surface area contributed by atoms with E-state index >= 15 is 0 Å². The lowest BCUT2D eigenvalue weighted by molar-refractivity contribution is -0.276. The smallest absolute Gasteiger partial charge is 0.386 e. The van der Waals surface area contributed by atoms with Gasteiger partial charge in [-0.05, 0) is 28.9 Å². The van der Waals surface area contributed by atoms with Crippen molar-refractivity contribution in [1.82, 2.24) is 4.98 Å². The van der Waals surface area contributed by atoms with Gasteiger partial charge in [0, 0.05) is 10.2 Å². The summed E-state index contributed by atoms with van der Waals surface area (Å²) in [4.78, 5) is 3.50. The van der Waals surface area contributed by atoms with Gasteiger partial charge in [-0.25, -0.2) is 4.98 Å². The topological polar surface area (TPSA) is 45.9 Å². The Balaban J connectivity index is 3.23. The fourth-order valence-corrected chi connectivity index (χ4v) is 1.48. The molecule has 80 valence electrons. The van der Waals surface area contributed by atoms with Gasteiger partial charge in [-0.15, -0.1) is 13.2 Å². The minimum atomic E-state index is -4.86. The minimum absolute atomic E-state index is 0.219. The molecule has 1 aromatic heterocycles. The summed E-state index contributed by atoms with van der Waals surface area (Å²) < 4.78 is 39.6. The zero-order chi connectivity index (χ0) is 11.6. The molecule has 3 nitrogen and oxygen atoms in total. The van der Waals surface area contributed by atoms with E-state index in [1.807, 2.05) is 0 Å². The lowest BCUT2D eigenvalue weighted by Gasteiger charge is -2.10. The van der Waals surface area contributed by atoms with Crippen LogP contribution >= 0.6 is 15.9 Å². The number of hydrogen-bond donors (Lipinski definition) is 0. The Morgan fingerprint density at radius 3 is 2.60 bits per heavy atom. The Bertz CT molecular complexity index is 425. The summed E-state index contributed by atoms with van der Waals surface area (Å²) in [7, 11) is 0. The van der Waals surface area contributed by atoms with E-state index in [1.165, 1.54) is 13.0 Å². The van der Waals surface area contributed by atoms with E-state index in [2.05, 4.69) is 25.7 Å². The molecular weight excluding hydrogens is 277 g/mol. The van der Waals surface area contributed by atoms with Crippen molar-refractivity contribution in [3.8, 4) is 11.9 Å². The summed E-state index contributed by atoms with van der Waals surface area (Å²) in [5.74, 6) is -0.739. The van der Waals surface area contributed by atoms with Gasteiger partial charge in [0.05, 0.1) is 0 Å². The average Bonchev–Trinajstić information content (AvgIpc) is 1.99. The van der Waals surface area contributed by atoms with Gasteiger partial charge in [0.15, 0.2) is 0 Å². The van der Waals surface area contributed by atoms with Crippen LogP contribution in [0.1, 0.15) is 11.3 Å². The molecular formula is C8H4BrF3N2O. The van der Waals surface area contributed by atoms with Gasteiger partial charge in [-0.3, -0.25) is 0 Å². The third kappa shape index (κ3) is 3.09. The van der Waals surface area contributed by atoms with Gasteiger partial charge < -0.3 is 4.74 Å². The summed E-state index contributed by atoms with van der Waals surface area (Å²) in [6.45, 7) is 1.50. The third-order valence-electron chi connectivity index (χ3n) is 1.39. The molecule has 0 bridgehead atoms. The number of alkyl halides is 3. The largest absolute Gasteiger partial charge is 0.574 e. The monoisotopic (exact) mass is 280 g/mol. The van der Waals surface area contributed by atoms with Crippen molar-refractivity contribution < 1.29 is 17.9 Å². The standard InChI is InChI=1S/C8H4BrF3N2O/c1-4-2-6(9)5(3-13)7(14-4)15-8(10,11)12/h2H,1H3. The fourth-order valence-electron chi connectivity index (χ4n) is 0.891. The number of aromatic nitrogens is 1. The Kier molecular flexibility index (Phi) is 3.19. The Morgan fingerprint density at radius 1 is 1.53 bits per heavy atom. The van der Waals surface area contributed by atoms with E-state index in [0.29, 0.717) is 5.69 Å². The van der Waals surface area contributed by atoms with Crippen molar-refractivity contribution in [1.29, 1.82) is 5.26 Å². The highest BCUT2D eigenvalue weighted by atomic mass is 79.9. The van der Waals surface area contributed by atoms with Crippen molar-refractivity contribution in [3.05, 3.63) is 21.8 Å². The number of aryl methyl sites for hydroxylation is 1. The second-order valence-electron chi connectivity index (χ2n) is 2.59. The molecule has 0 N–H and O–H groups in total. The molecule has 0 amide bonds. The Morgan fingerprint density at radius 2 is 2.13 bits per heavy atom. The van der Waals surface area contributed by atoms with E-state index in [0.717, 1.165) is 0 Å². The summed E-state index contributed by atoms with van der Waals surface area (Å²) >= 11 is 2.96. The predicted molar refractivity (Wildman–Crippen MR) is 48.1 cm³/mol. The number of pyridine rings is 1. The van der Waals surface area contributed by atoms with Gasteiger partial charge in [-0.1, -0.05) is 0 Å². The van der Waals surface area contributed by atoms with Crippen LogP contribution < -0.4 is 4.74 Å². The highest BCUT2D eigenvalue weighted by molar-refractivity contribution is 9.10. The van der Waals surface area contributed by atoms with Crippen LogP contribution in [0, 0.1) is 18.3 Å². The van der Waals surface area contributed by atoms with Crippen LogP contribution in [0.3, 0.4) is 0 Å². The molecule has 0 aliphatic carbocycles. The number of halogens is 4. The van der Waals surface area contributed by atoms with Crippen LogP contribution in [-0.4, -0.2) is 11.3 Å². The minimum Gasteiger partial charge on any atom is -0.386 e. The van der Waals surface area contributed by atoms with E-state index < -0.39 is 12.2 Å². The highest BCUT2D eigenvalue weighted by Gasteiger charge is 2.33. The van der Waals surface area contributed by atoms with E-state index in [9.17, 15) is 13.2 Å². The number of hydrogen-bond acceptors (Lipinski definition) is 3. The molecule has 0 aromatic carbocycles. The molecule has 7 heteroatoms. The second kappa shape index (κ2) is 4.06. The molecule has 0 spiro atoms. The second-order valence-corrected chi connectivity index (χ2v) is 3.44. The number of ether oxygens (including phenoxy) is 1. The van der Waals surface area contributed by atoms with Gasteiger partial charge in [-0.2, -0.15) is 5.26 Å². The van der Waals surface area contributed by atoms with Gasteiger partial charge in [0.25, 0.3) is 0 Å². The molecule has 0 aliphatic heterocycles. The van der Waals surface area contributed by atoms with Crippen molar-refractivity contribution in [2.75, 3.05) is 0 Å². The molecule has 1 aromatic rings. The molecule has 0 aliphatic rings. The summed E-state index contributed by atoms with van der Waals surface area (Å²) in [5, 5.41) is 8.62. The van der Waals surface area contributed by atoms with Crippen LogP contribution in [-0.2, 0) is 0 Å². The number of nitrogens with zero attached hydrogens (tertiary/aromatic N) is 2. The number of nitriles is 1. The fraction of sp³-hybridized carbons (Fsp3) is 0.250. The molecule has 1 rings (SSSR count). The lowest BCUT2D eigenvalue weighted by Crippen LogP contribution is -2.19. The normalized spacial score (nSPS) is 10.9. The van der Waals surface area contributed by atoms with Crippen LogP contribution in [0.25, 0.3) is 0 Å². The predicted octanol–water partition coefficient (Wildman–Crippen LogP) is 2.92. The van der Waals surface area contributed by atoms with Crippen LogP contribution in [0.4, 0.5) is 13.2 Å². The first-order valence-corrected chi connectivity index (χ1v) is 4.46. The molecule has 0 saturated carbocycles. The Hall–Kier alpha value is -1.29. The first-order valence-electron chi connectivity index (χ1n) is 3.66. The van der Waals surface area contributed by atoms with Gasteiger partial charge in [0.2, 0.25) is 5.88 Å². The third-order valence-corrected chi connectivity index (χ3v) is 2.02. The van der Waals surface area contributed by atoms with Crippen LogP contribution in [0.15, 0.2) is 10.5 Å². The molecule has 1 heterocycles. The first kappa shape index (κ1) is 11.8. The van der Waals surface area contributed by atoms with Gasteiger partial charge >= 0.3 is 6.36 Å². The van der Waals surface area contributed by atoms with E-state index in [1.54, 1.807) is 6.07 Å². The lowest BCUT2D eigenvalue weighted by atomic mass is 10.2. The van der Waals surface area contributed by atoms with Crippen molar-refractivity contribution in [2.24, 2.45) is 0 Å². The summed E-state index contributed by atoms with van der Waals surface area (Å²) in [5.41, 5.74) is 0.0399. The van der Waals surface area contributed by atoms with Crippen LogP contribution in [0.2, 0.25) is 0 Å². The highest BCUT2D eigenvalue weighted by Crippen LogP contribution is 2.29. The van der Waals surface area contributed by atoms with Crippen molar-refractivity contribution >= 4 is 15.9 Å². The molecule has 0 atom stereocenters. The van der Waals surface area contributed by atoms with Crippen molar-refractivity contribution in [3.63, 3.8) is 0 Å². The molecule has 15 heavy (non-hydrogen) atoms. The molecule has 0 unspecified atom stereocenters. The van der Waals surface area contributed by atoms with Crippen molar-refractivity contribution in [2.45, 2.75) is 13.3 Å². The maximum Gasteiger partial charge on any atom is 0.574 e. The average molecular weight is 281 g/mol. The Labute approximate surface area is 91.6 Å². The first-order chi connectivity index (χ1) is 6.83. The zero-order valence-corrected chi connectivity index (χ0v) is 8.98. The quantitative estimate of drug-likeness (QED) is 0.795. The summed E-state index contributed by atoms with van der Waals surface area (Å²) in [6.07, 6.45) is -4.86. The van der Waals surface area contributed by atoms with E-state index in [-0.39, 0.29) is 10.0 Å². The number of rotatable bonds is 1. The molecule has 0 fully saturated rings. The maximum atomic E-state index is 11.9. The summed E-state index contributed by atoms with van der Waals surface area (Å²) in [6, 6.07) is 3.01. The SMILES string of the molecule is Cc1cc(Br)c(C#N)c(OC(F)(F)F)n1. The molecule has 0 radical (unpaired) electrons. The molecule has 0 saturated heterocycles. The van der Waals surface area contributed by atoms with Gasteiger partial charge in [0.1, 0.15) is 11.6 Å². The maximum absolute atomic E-state index is 11.9. The zero-order valence-electron chi connectivity index (χ0n) is 7.39. The van der Waals surface area contributed by atoms with Crippen LogP contribution in [0.5, 0.6) is 5.88 Å². The van der Waals surface area contributed by atoms with E-state index in [4.69, 9.17) is 5.26 Å².